The Morgan fingerprint density at radius 3 is 2.38 bits per heavy atom. The number of rotatable bonds is 7. The maximum Gasteiger partial charge on any atom is 0.253 e. The van der Waals surface area contributed by atoms with Gasteiger partial charge in [-0.1, -0.05) is 37.3 Å². The number of nitrogens with zero attached hydrogens (tertiary/aromatic N) is 1. The number of aliphatic hydroxyl groups is 2. The minimum Gasteiger partial charge on any atom is -0.395 e. The number of aliphatic hydroxyl groups excluding tert-OH is 2. The lowest BCUT2D eigenvalue weighted by Crippen LogP contribution is -2.34. The van der Waals surface area contributed by atoms with Gasteiger partial charge >= 0.3 is 0 Å². The van der Waals surface area contributed by atoms with E-state index in [9.17, 15) is 9.90 Å². The maximum atomic E-state index is 12.7. The van der Waals surface area contributed by atoms with E-state index in [4.69, 9.17) is 5.11 Å². The highest BCUT2D eigenvalue weighted by molar-refractivity contribution is 5.95. The molecule has 2 aromatic carbocycles. The molecule has 24 heavy (non-hydrogen) atoms. The molecule has 0 aromatic heterocycles. The second-order valence-electron chi connectivity index (χ2n) is 5.90. The zero-order valence-electron chi connectivity index (χ0n) is 14.3. The monoisotopic (exact) mass is 327 g/mol. The van der Waals surface area contributed by atoms with Gasteiger partial charge in [-0.3, -0.25) is 4.79 Å². The summed E-state index contributed by atoms with van der Waals surface area (Å²) in [6.45, 7) is 4.67. The number of carbonyl (C=O) groups excluding carboxylic acids is 1. The van der Waals surface area contributed by atoms with Gasteiger partial charge in [0.15, 0.2) is 0 Å². The van der Waals surface area contributed by atoms with Crippen LogP contribution in [-0.4, -0.2) is 40.7 Å². The average molecular weight is 327 g/mol. The molecule has 0 aliphatic carbocycles. The van der Waals surface area contributed by atoms with E-state index >= 15 is 0 Å². The second-order valence-corrected chi connectivity index (χ2v) is 5.90. The third-order valence-corrected chi connectivity index (χ3v) is 3.96. The van der Waals surface area contributed by atoms with Crippen molar-refractivity contribution < 1.29 is 15.0 Å². The largest absolute Gasteiger partial charge is 0.395 e. The number of hydrogen-bond donors (Lipinski definition) is 2. The first-order valence-corrected chi connectivity index (χ1v) is 8.35. The van der Waals surface area contributed by atoms with Gasteiger partial charge < -0.3 is 15.1 Å². The Labute approximate surface area is 143 Å². The number of benzene rings is 2. The molecule has 0 aliphatic rings. The fourth-order valence-corrected chi connectivity index (χ4v) is 2.70. The van der Waals surface area contributed by atoms with Gasteiger partial charge in [0.2, 0.25) is 0 Å². The van der Waals surface area contributed by atoms with E-state index in [1.54, 1.807) is 17.9 Å². The second kappa shape index (κ2) is 8.62. The van der Waals surface area contributed by atoms with Gasteiger partial charge in [0.05, 0.1) is 12.7 Å². The maximum absolute atomic E-state index is 12.7. The number of hydrogen-bond acceptors (Lipinski definition) is 3. The Bertz CT molecular complexity index is 676. The van der Waals surface area contributed by atoms with Gasteiger partial charge in [0.1, 0.15) is 0 Å². The minimum atomic E-state index is -0.528. The van der Waals surface area contributed by atoms with Gasteiger partial charge in [0.25, 0.3) is 5.91 Å². The zero-order chi connectivity index (χ0) is 17.5. The van der Waals surface area contributed by atoms with E-state index in [0.717, 1.165) is 23.1 Å². The van der Waals surface area contributed by atoms with Gasteiger partial charge in [0, 0.05) is 18.7 Å². The predicted molar refractivity (Wildman–Crippen MR) is 95.8 cm³/mol. The van der Waals surface area contributed by atoms with E-state index in [2.05, 4.69) is 0 Å². The van der Waals surface area contributed by atoms with E-state index in [0.29, 0.717) is 18.7 Å². The van der Waals surface area contributed by atoms with E-state index in [1.807, 2.05) is 49.4 Å². The van der Waals surface area contributed by atoms with Crippen LogP contribution in [0.5, 0.6) is 0 Å². The molecule has 0 bridgehead atoms. The molecule has 0 heterocycles. The third kappa shape index (κ3) is 4.43. The third-order valence-electron chi connectivity index (χ3n) is 3.96. The fraction of sp³-hybridized carbons (Fsp3) is 0.350. The summed E-state index contributed by atoms with van der Waals surface area (Å²) < 4.78 is 0. The van der Waals surface area contributed by atoms with Crippen molar-refractivity contribution in [3.8, 4) is 11.1 Å². The Morgan fingerprint density at radius 1 is 1.08 bits per heavy atom. The van der Waals surface area contributed by atoms with Crippen molar-refractivity contribution in [1.29, 1.82) is 0 Å². The number of amides is 1. The summed E-state index contributed by atoms with van der Waals surface area (Å²) in [6, 6.07) is 15.2. The van der Waals surface area contributed by atoms with Gasteiger partial charge in [-0.05, 0) is 48.2 Å². The molecular weight excluding hydrogens is 302 g/mol. The summed E-state index contributed by atoms with van der Waals surface area (Å²) in [5.41, 5.74) is 3.35. The minimum absolute atomic E-state index is 0.0398. The summed E-state index contributed by atoms with van der Waals surface area (Å²) in [4.78, 5) is 14.3. The normalized spacial score (nSPS) is 12.0. The van der Waals surface area contributed by atoms with Crippen LogP contribution in [0.15, 0.2) is 48.5 Å². The Morgan fingerprint density at radius 2 is 1.75 bits per heavy atom. The van der Waals surface area contributed by atoms with Crippen LogP contribution in [0.1, 0.15) is 42.3 Å². The summed E-state index contributed by atoms with van der Waals surface area (Å²) >= 11 is 0. The first kappa shape index (κ1) is 18.2. The SMILES string of the molecule is CCCN(CCO)C(=O)c1cccc(-c2cccc([C@@H](C)O)c2)c1. The van der Waals surface area contributed by atoms with Crippen LogP contribution in [-0.2, 0) is 0 Å². The van der Waals surface area contributed by atoms with Gasteiger partial charge in [-0.25, -0.2) is 0 Å². The smallest absolute Gasteiger partial charge is 0.253 e. The lowest BCUT2D eigenvalue weighted by molar-refractivity contribution is 0.0722. The lowest BCUT2D eigenvalue weighted by atomic mass is 9.99. The topological polar surface area (TPSA) is 60.8 Å². The highest BCUT2D eigenvalue weighted by Gasteiger charge is 2.15. The molecule has 0 radical (unpaired) electrons. The molecule has 0 fully saturated rings. The van der Waals surface area contributed by atoms with Crippen molar-refractivity contribution >= 4 is 5.91 Å². The van der Waals surface area contributed by atoms with Crippen molar-refractivity contribution in [2.45, 2.75) is 26.4 Å². The first-order chi connectivity index (χ1) is 11.6. The molecule has 1 amide bonds. The molecule has 0 aliphatic heterocycles. The van der Waals surface area contributed by atoms with Crippen molar-refractivity contribution in [1.82, 2.24) is 4.90 Å². The zero-order valence-corrected chi connectivity index (χ0v) is 14.3. The summed E-state index contributed by atoms with van der Waals surface area (Å²) in [5, 5.41) is 18.9. The molecule has 2 rings (SSSR count). The van der Waals surface area contributed by atoms with E-state index in [1.165, 1.54) is 0 Å². The molecular formula is C20H25NO3. The fourth-order valence-electron chi connectivity index (χ4n) is 2.70. The van der Waals surface area contributed by atoms with Crippen LogP contribution >= 0.6 is 0 Å². The Hall–Kier alpha value is -2.17. The van der Waals surface area contributed by atoms with E-state index in [-0.39, 0.29) is 12.5 Å². The average Bonchev–Trinajstić information content (AvgIpc) is 2.61. The first-order valence-electron chi connectivity index (χ1n) is 8.35. The summed E-state index contributed by atoms with van der Waals surface area (Å²) in [7, 11) is 0. The molecule has 4 nitrogen and oxygen atoms in total. The molecule has 0 spiro atoms. The van der Waals surface area contributed by atoms with Crippen LogP contribution in [0.4, 0.5) is 0 Å². The van der Waals surface area contributed by atoms with Crippen molar-refractivity contribution in [2.24, 2.45) is 0 Å². The molecule has 0 unspecified atom stereocenters. The summed E-state index contributed by atoms with van der Waals surface area (Å²) in [5.74, 6) is -0.0700. The lowest BCUT2D eigenvalue weighted by Gasteiger charge is -2.21. The van der Waals surface area contributed by atoms with Crippen LogP contribution in [0.2, 0.25) is 0 Å². The molecule has 0 saturated heterocycles. The Balaban J connectivity index is 2.31. The van der Waals surface area contributed by atoms with Crippen molar-refractivity contribution in [3.05, 3.63) is 59.7 Å². The van der Waals surface area contributed by atoms with Gasteiger partial charge in [-0.2, -0.15) is 0 Å². The van der Waals surface area contributed by atoms with Crippen molar-refractivity contribution in [3.63, 3.8) is 0 Å². The molecule has 2 aromatic rings. The quantitative estimate of drug-likeness (QED) is 0.820. The molecule has 4 heteroatoms. The highest BCUT2D eigenvalue weighted by Crippen LogP contribution is 2.24. The predicted octanol–water partition coefficient (Wildman–Crippen LogP) is 3.25. The van der Waals surface area contributed by atoms with Crippen LogP contribution in [0, 0.1) is 0 Å². The molecule has 2 N–H and O–H groups in total. The summed E-state index contributed by atoms with van der Waals surface area (Å²) in [6.07, 6.45) is 0.321. The molecule has 128 valence electrons. The van der Waals surface area contributed by atoms with Crippen LogP contribution in [0.3, 0.4) is 0 Å². The molecule has 1 atom stereocenters. The number of carbonyl (C=O) groups is 1. The van der Waals surface area contributed by atoms with Crippen LogP contribution < -0.4 is 0 Å². The van der Waals surface area contributed by atoms with Crippen molar-refractivity contribution in [2.75, 3.05) is 19.7 Å². The standard InChI is InChI=1S/C20H25NO3/c1-3-10-21(11-12-22)20(24)19-9-5-8-18(14-19)17-7-4-6-16(13-17)15(2)23/h4-9,13-15,22-23H,3,10-12H2,1-2H3/t15-/m1/s1. The van der Waals surface area contributed by atoms with Gasteiger partial charge in [-0.15, -0.1) is 0 Å². The van der Waals surface area contributed by atoms with E-state index < -0.39 is 6.10 Å². The molecule has 0 saturated carbocycles. The Kier molecular flexibility index (Phi) is 6.53. The highest BCUT2D eigenvalue weighted by atomic mass is 16.3. The van der Waals surface area contributed by atoms with Crippen LogP contribution in [0.25, 0.3) is 11.1 Å².